The number of imidazole rings is 1. The number of nitrogens with zero attached hydrogens (tertiary/aromatic N) is 3. The molecular weight excluding hydrogens is 373 g/mol. The van der Waals surface area contributed by atoms with E-state index in [9.17, 15) is 4.39 Å². The molecule has 3 rings (SSSR count). The average Bonchev–Trinajstić information content (AvgIpc) is 3.43. The summed E-state index contributed by atoms with van der Waals surface area (Å²) in [5.41, 5.74) is 1.29. The first-order valence-electron chi connectivity index (χ1n) is 10.2. The van der Waals surface area contributed by atoms with Gasteiger partial charge in [-0.05, 0) is 37.5 Å². The fourth-order valence-electron chi connectivity index (χ4n) is 3.12. The van der Waals surface area contributed by atoms with Gasteiger partial charge in [-0.2, -0.15) is 0 Å². The molecule has 2 aromatic rings. The molecule has 0 bridgehead atoms. The Morgan fingerprint density at radius 3 is 3.07 bits per heavy atom. The fraction of sp³-hybridized carbons (Fsp3) is 0.524. The van der Waals surface area contributed by atoms with Crippen LogP contribution in [0.2, 0.25) is 0 Å². The molecule has 2 heterocycles. The lowest BCUT2D eigenvalue weighted by Gasteiger charge is -2.12. The van der Waals surface area contributed by atoms with Gasteiger partial charge in [-0.1, -0.05) is 6.07 Å². The van der Waals surface area contributed by atoms with Crippen LogP contribution in [-0.4, -0.2) is 55.0 Å². The summed E-state index contributed by atoms with van der Waals surface area (Å²) in [4.78, 5) is 8.50. The minimum atomic E-state index is -0.293. The minimum Gasteiger partial charge on any atom is -0.381 e. The molecule has 1 unspecified atom stereocenters. The van der Waals surface area contributed by atoms with Crippen molar-refractivity contribution in [3.8, 4) is 5.69 Å². The predicted octanol–water partition coefficient (Wildman–Crippen LogP) is 2.51. The summed E-state index contributed by atoms with van der Waals surface area (Å²) < 4.78 is 27.1. The number of aliphatic imine (C=N–C) groups is 1. The number of aromatic nitrogens is 2. The van der Waals surface area contributed by atoms with Gasteiger partial charge in [-0.15, -0.1) is 0 Å². The molecule has 1 aliphatic rings. The topological polar surface area (TPSA) is 72.7 Å². The van der Waals surface area contributed by atoms with E-state index in [1.165, 1.54) is 6.07 Å². The third-order valence-electron chi connectivity index (χ3n) is 4.69. The molecule has 1 saturated heterocycles. The Morgan fingerprint density at radius 1 is 1.41 bits per heavy atom. The van der Waals surface area contributed by atoms with Crippen molar-refractivity contribution < 1.29 is 13.9 Å². The van der Waals surface area contributed by atoms with E-state index in [1.54, 1.807) is 29.4 Å². The maximum Gasteiger partial charge on any atom is 0.191 e. The Bertz CT molecular complexity index is 760. The van der Waals surface area contributed by atoms with Gasteiger partial charge in [0.2, 0.25) is 0 Å². The van der Waals surface area contributed by atoms with Gasteiger partial charge >= 0.3 is 0 Å². The maximum atomic E-state index is 14.4. The highest BCUT2D eigenvalue weighted by Crippen LogP contribution is 2.15. The minimum absolute atomic E-state index is 0.293. The van der Waals surface area contributed by atoms with Gasteiger partial charge in [0.15, 0.2) is 5.96 Å². The number of hydrogen-bond acceptors (Lipinski definition) is 4. The Kier molecular flexibility index (Phi) is 8.45. The third-order valence-corrected chi connectivity index (χ3v) is 4.69. The average molecular weight is 404 g/mol. The molecule has 0 radical (unpaired) electrons. The number of nitrogens with one attached hydrogen (secondary N) is 2. The monoisotopic (exact) mass is 403 g/mol. The summed E-state index contributed by atoms with van der Waals surface area (Å²) >= 11 is 0. The number of guanidine groups is 1. The van der Waals surface area contributed by atoms with E-state index in [4.69, 9.17) is 9.47 Å². The SMILES string of the molecule is CCNC(=NCc1ccc(-n2ccnc2)c(F)c1)NCCCOCC1CCOC1. The molecular formula is C21H30FN5O2. The molecule has 0 saturated carbocycles. The summed E-state index contributed by atoms with van der Waals surface area (Å²) in [7, 11) is 0. The van der Waals surface area contributed by atoms with Gasteiger partial charge in [0.1, 0.15) is 5.82 Å². The lowest BCUT2D eigenvalue weighted by Crippen LogP contribution is -2.38. The number of halogens is 1. The van der Waals surface area contributed by atoms with Crippen molar-refractivity contribution in [1.29, 1.82) is 0 Å². The van der Waals surface area contributed by atoms with Gasteiger partial charge in [0, 0.05) is 44.6 Å². The predicted molar refractivity (Wildman–Crippen MR) is 111 cm³/mol. The molecule has 0 spiro atoms. The molecule has 7 nitrogen and oxygen atoms in total. The molecule has 8 heteroatoms. The van der Waals surface area contributed by atoms with E-state index in [-0.39, 0.29) is 5.82 Å². The van der Waals surface area contributed by atoms with Crippen molar-refractivity contribution >= 4 is 5.96 Å². The van der Waals surface area contributed by atoms with Gasteiger partial charge in [-0.3, -0.25) is 0 Å². The first kappa shape index (κ1) is 21.3. The zero-order valence-corrected chi connectivity index (χ0v) is 16.9. The largest absolute Gasteiger partial charge is 0.381 e. The van der Waals surface area contributed by atoms with Crippen LogP contribution in [0.5, 0.6) is 0 Å². The van der Waals surface area contributed by atoms with E-state index in [0.717, 1.165) is 57.3 Å². The van der Waals surface area contributed by atoms with Gasteiger partial charge in [-0.25, -0.2) is 14.4 Å². The van der Waals surface area contributed by atoms with Crippen molar-refractivity contribution in [3.05, 3.63) is 48.3 Å². The Morgan fingerprint density at radius 2 is 2.34 bits per heavy atom. The van der Waals surface area contributed by atoms with Crippen LogP contribution < -0.4 is 10.6 Å². The van der Waals surface area contributed by atoms with Crippen LogP contribution in [0.25, 0.3) is 5.69 Å². The van der Waals surface area contributed by atoms with Crippen LogP contribution in [0.1, 0.15) is 25.3 Å². The quantitative estimate of drug-likeness (QED) is 0.362. The zero-order valence-electron chi connectivity index (χ0n) is 16.9. The third kappa shape index (κ3) is 6.83. The Hall–Kier alpha value is -2.45. The molecule has 1 fully saturated rings. The zero-order chi connectivity index (χ0) is 20.3. The highest BCUT2D eigenvalue weighted by molar-refractivity contribution is 5.79. The van der Waals surface area contributed by atoms with Crippen molar-refractivity contribution in [3.63, 3.8) is 0 Å². The fourth-order valence-corrected chi connectivity index (χ4v) is 3.12. The van der Waals surface area contributed by atoms with Crippen LogP contribution >= 0.6 is 0 Å². The van der Waals surface area contributed by atoms with Crippen LogP contribution in [0.3, 0.4) is 0 Å². The second-order valence-electron chi connectivity index (χ2n) is 7.04. The summed E-state index contributed by atoms with van der Waals surface area (Å²) in [5.74, 6) is 0.969. The number of benzene rings is 1. The van der Waals surface area contributed by atoms with Crippen molar-refractivity contribution in [2.24, 2.45) is 10.9 Å². The number of ether oxygens (including phenoxy) is 2. The molecule has 29 heavy (non-hydrogen) atoms. The van der Waals surface area contributed by atoms with Crippen LogP contribution in [0.15, 0.2) is 41.9 Å². The highest BCUT2D eigenvalue weighted by Gasteiger charge is 2.15. The van der Waals surface area contributed by atoms with Crippen molar-refractivity contribution in [2.75, 3.05) is 39.5 Å². The molecule has 2 N–H and O–H groups in total. The van der Waals surface area contributed by atoms with Crippen molar-refractivity contribution in [2.45, 2.75) is 26.3 Å². The van der Waals surface area contributed by atoms with Gasteiger partial charge in [0.05, 0.1) is 31.8 Å². The molecule has 0 aliphatic carbocycles. The summed E-state index contributed by atoms with van der Waals surface area (Å²) in [6.45, 7) is 7.10. The van der Waals surface area contributed by atoms with Crippen LogP contribution in [0.4, 0.5) is 4.39 Å². The van der Waals surface area contributed by atoms with Gasteiger partial charge in [0.25, 0.3) is 0 Å². The molecule has 1 aromatic carbocycles. The maximum absolute atomic E-state index is 14.4. The lowest BCUT2D eigenvalue weighted by molar-refractivity contribution is 0.0888. The van der Waals surface area contributed by atoms with E-state index in [0.29, 0.717) is 24.8 Å². The van der Waals surface area contributed by atoms with E-state index in [1.807, 2.05) is 13.0 Å². The molecule has 1 atom stereocenters. The van der Waals surface area contributed by atoms with Crippen molar-refractivity contribution in [1.82, 2.24) is 20.2 Å². The Balaban J connectivity index is 1.43. The first-order chi connectivity index (χ1) is 14.3. The second-order valence-corrected chi connectivity index (χ2v) is 7.04. The van der Waals surface area contributed by atoms with Crippen LogP contribution in [0, 0.1) is 11.7 Å². The van der Waals surface area contributed by atoms with Gasteiger partial charge < -0.3 is 24.7 Å². The number of rotatable bonds is 10. The molecule has 0 amide bonds. The highest BCUT2D eigenvalue weighted by atomic mass is 19.1. The second kappa shape index (κ2) is 11.5. The smallest absolute Gasteiger partial charge is 0.191 e. The normalized spacial score (nSPS) is 16.9. The first-order valence-corrected chi connectivity index (χ1v) is 10.2. The molecule has 1 aliphatic heterocycles. The Labute approximate surface area is 171 Å². The molecule has 158 valence electrons. The summed E-state index contributed by atoms with van der Waals surface area (Å²) in [6.07, 6.45) is 6.91. The molecule has 1 aromatic heterocycles. The standard InChI is InChI=1S/C21H30FN5O2/c1-2-24-21(25-7-3-10-28-14-18-6-11-29-15-18)26-13-17-4-5-20(19(22)12-17)27-9-8-23-16-27/h4-5,8-9,12,16,18H,2-3,6-7,10-11,13-15H2,1H3,(H2,24,25,26). The van der Waals surface area contributed by atoms with E-state index >= 15 is 0 Å². The van der Waals surface area contributed by atoms with E-state index < -0.39 is 0 Å². The van der Waals surface area contributed by atoms with E-state index in [2.05, 4.69) is 20.6 Å². The summed E-state index contributed by atoms with van der Waals surface area (Å²) in [6, 6.07) is 5.14. The van der Waals surface area contributed by atoms with Crippen LogP contribution in [-0.2, 0) is 16.0 Å². The number of hydrogen-bond donors (Lipinski definition) is 2. The summed E-state index contributed by atoms with van der Waals surface area (Å²) in [5, 5.41) is 6.51. The lowest BCUT2D eigenvalue weighted by atomic mass is 10.1.